The van der Waals surface area contributed by atoms with E-state index in [0.717, 1.165) is 45.3 Å². The molecule has 236 valence electrons. The van der Waals surface area contributed by atoms with Crippen LogP contribution >= 0.6 is 23.2 Å². The van der Waals surface area contributed by atoms with Crippen LogP contribution in [0.15, 0.2) is 34.7 Å². The van der Waals surface area contributed by atoms with Crippen molar-refractivity contribution in [1.82, 2.24) is 14.8 Å². The van der Waals surface area contributed by atoms with Crippen LogP contribution in [0.2, 0.25) is 10.0 Å². The smallest absolute Gasteiger partial charge is 0.306 e. The minimum atomic E-state index is -0.740. The van der Waals surface area contributed by atoms with Crippen LogP contribution in [0.4, 0.5) is 16.1 Å². The highest BCUT2D eigenvalue weighted by Gasteiger charge is 2.39. The number of oxazole rings is 1. The van der Waals surface area contributed by atoms with E-state index in [1.807, 2.05) is 4.90 Å². The molecule has 2 N–H and O–H groups in total. The largest absolute Gasteiger partial charge is 0.481 e. The summed E-state index contributed by atoms with van der Waals surface area (Å²) in [5.41, 5.74) is 1.14. The first-order valence-corrected chi connectivity index (χ1v) is 16.2. The van der Waals surface area contributed by atoms with E-state index >= 15 is 4.39 Å². The molecule has 3 heterocycles. The number of carbonyl (C=O) groups excluding carboxylic acids is 1. The Balaban J connectivity index is 1.15. The summed E-state index contributed by atoms with van der Waals surface area (Å²) in [5, 5.41) is 13.1. The van der Waals surface area contributed by atoms with E-state index in [9.17, 15) is 14.7 Å². The molecular weight excluding hydrogens is 610 g/mol. The third kappa shape index (κ3) is 6.98. The van der Waals surface area contributed by atoms with E-state index in [0.29, 0.717) is 53.5 Å². The van der Waals surface area contributed by atoms with Gasteiger partial charge < -0.3 is 29.4 Å². The van der Waals surface area contributed by atoms with Crippen LogP contribution < -0.4 is 5.32 Å². The van der Waals surface area contributed by atoms with Crippen molar-refractivity contribution in [1.29, 1.82) is 0 Å². The predicted molar refractivity (Wildman–Crippen MR) is 166 cm³/mol. The topological polar surface area (TPSA) is 108 Å². The van der Waals surface area contributed by atoms with Crippen LogP contribution in [0.25, 0.3) is 11.1 Å². The fourth-order valence-electron chi connectivity index (χ4n) is 6.84. The van der Waals surface area contributed by atoms with Gasteiger partial charge in [0.2, 0.25) is 5.91 Å². The number of ether oxygens (including phenoxy) is 1. The minimum Gasteiger partial charge on any atom is -0.481 e. The van der Waals surface area contributed by atoms with E-state index in [4.69, 9.17) is 32.4 Å². The summed E-state index contributed by atoms with van der Waals surface area (Å²) >= 11 is 12.1. The monoisotopic (exact) mass is 646 g/mol. The average molecular weight is 648 g/mol. The first-order valence-electron chi connectivity index (χ1n) is 15.4. The van der Waals surface area contributed by atoms with Gasteiger partial charge in [-0.1, -0.05) is 29.3 Å². The Labute approximate surface area is 265 Å². The number of rotatable bonds is 10. The molecule has 2 atom stereocenters. The van der Waals surface area contributed by atoms with Crippen LogP contribution in [-0.2, 0) is 20.7 Å². The number of hydrogen-bond donors (Lipinski definition) is 2. The molecule has 44 heavy (non-hydrogen) atoms. The quantitative estimate of drug-likeness (QED) is 0.251. The summed E-state index contributed by atoms with van der Waals surface area (Å²) in [5.74, 6) is -1.79. The lowest BCUT2D eigenvalue weighted by Crippen LogP contribution is -2.48. The highest BCUT2D eigenvalue weighted by atomic mass is 35.5. The number of carboxylic acids is 1. The molecule has 1 amide bonds. The van der Waals surface area contributed by atoms with E-state index in [1.54, 1.807) is 30.3 Å². The van der Waals surface area contributed by atoms with Gasteiger partial charge >= 0.3 is 5.97 Å². The number of carbonyl (C=O) groups is 2. The zero-order chi connectivity index (χ0) is 30.8. The lowest BCUT2D eigenvalue weighted by molar-refractivity contribution is -0.144. The predicted octanol–water partition coefficient (Wildman–Crippen LogP) is 6.68. The third-order valence-electron chi connectivity index (χ3n) is 9.21. The summed E-state index contributed by atoms with van der Waals surface area (Å²) in [4.78, 5) is 33.9. The average Bonchev–Trinajstić information content (AvgIpc) is 3.76. The summed E-state index contributed by atoms with van der Waals surface area (Å²) < 4.78 is 27.7. The van der Waals surface area contributed by atoms with Crippen LogP contribution in [0.3, 0.4) is 0 Å². The minimum absolute atomic E-state index is 0.00167. The number of fused-ring (bicyclic) bond motifs is 1. The molecule has 6 rings (SSSR count). The summed E-state index contributed by atoms with van der Waals surface area (Å²) in [6.45, 7) is 3.27. The van der Waals surface area contributed by atoms with Gasteiger partial charge in [0, 0.05) is 23.8 Å². The van der Waals surface area contributed by atoms with E-state index in [1.165, 1.54) is 0 Å². The number of halogens is 3. The van der Waals surface area contributed by atoms with Gasteiger partial charge in [0.05, 0.1) is 41.1 Å². The fourth-order valence-corrected chi connectivity index (χ4v) is 7.14. The number of likely N-dealkylation sites (tertiary alicyclic amines) is 2. The van der Waals surface area contributed by atoms with Crippen LogP contribution in [-0.4, -0.2) is 76.2 Å². The molecule has 9 nitrogen and oxygen atoms in total. The highest BCUT2D eigenvalue weighted by molar-refractivity contribution is 6.42. The number of nitrogens with zero attached hydrogens (tertiary/aromatic N) is 3. The number of benzene rings is 2. The van der Waals surface area contributed by atoms with Crippen LogP contribution in [0.1, 0.15) is 56.9 Å². The van der Waals surface area contributed by atoms with Crippen LogP contribution in [0.5, 0.6) is 0 Å². The Kier molecular flexibility index (Phi) is 9.61. The molecule has 1 aliphatic carbocycles. The van der Waals surface area contributed by atoms with Gasteiger partial charge in [0.15, 0.2) is 11.4 Å². The lowest BCUT2D eigenvalue weighted by atomic mass is 9.87. The maximum atomic E-state index is 15.7. The molecule has 0 spiro atoms. The molecule has 0 bridgehead atoms. The van der Waals surface area contributed by atoms with Crippen molar-refractivity contribution in [2.24, 2.45) is 5.92 Å². The zero-order valence-electron chi connectivity index (χ0n) is 24.4. The van der Waals surface area contributed by atoms with E-state index < -0.39 is 11.8 Å². The standard InChI is InChI=1S/C32H37Cl2FN4O5/c33-25-11-6-21(16-26(25)34)36-32-37-27-12-5-20(29(35)30(27)44-32)15-28(40)39-22(17-38-13-1-2-14-38)7-8-23(39)18-43-24-9-3-19(4-10-24)31(41)42/h5-6,11-12,16,19,22-24H,1-4,7-10,13-15,17-18H2,(H,36,37)(H,41,42)/t19?,22-,23-,24?/m0/s1. The molecule has 2 aromatic carbocycles. The Morgan fingerprint density at radius 2 is 1.77 bits per heavy atom. The molecule has 3 aromatic rings. The van der Waals surface area contributed by atoms with E-state index in [-0.39, 0.29) is 53.6 Å². The number of carboxylic acid groups (broad SMARTS) is 1. The highest BCUT2D eigenvalue weighted by Crippen LogP contribution is 2.33. The number of nitrogens with one attached hydrogen (secondary N) is 1. The van der Waals surface area contributed by atoms with Crippen molar-refractivity contribution >= 4 is 57.9 Å². The van der Waals surface area contributed by atoms with E-state index in [2.05, 4.69) is 15.2 Å². The van der Waals surface area contributed by atoms with Gasteiger partial charge in [-0.3, -0.25) is 9.59 Å². The van der Waals surface area contributed by atoms with Crippen molar-refractivity contribution < 1.29 is 28.2 Å². The molecular formula is C32H37Cl2FN4O5. The molecule has 2 saturated heterocycles. The maximum absolute atomic E-state index is 15.7. The molecule has 1 aromatic heterocycles. The molecule has 3 fully saturated rings. The first-order chi connectivity index (χ1) is 21.2. The Morgan fingerprint density at radius 1 is 1.02 bits per heavy atom. The third-order valence-corrected chi connectivity index (χ3v) is 9.95. The summed E-state index contributed by atoms with van der Waals surface area (Å²) in [7, 11) is 0. The molecule has 0 unspecified atom stereocenters. The van der Waals surface area contributed by atoms with Gasteiger partial charge in [-0.05, 0) is 88.7 Å². The molecule has 2 aliphatic heterocycles. The Hall–Kier alpha value is -2.92. The Morgan fingerprint density at radius 3 is 2.50 bits per heavy atom. The number of anilines is 2. The van der Waals surface area contributed by atoms with Crippen molar-refractivity contribution in [3.63, 3.8) is 0 Å². The fraction of sp³-hybridized carbons (Fsp3) is 0.531. The SMILES string of the molecule is O=C(O)C1CCC(OC[C@@H]2CC[C@@H](CN3CCCC3)N2C(=O)Cc2ccc3nc(Nc4ccc(Cl)c(Cl)c4)oc3c2F)CC1. The van der Waals surface area contributed by atoms with Crippen molar-refractivity contribution in [2.75, 3.05) is 31.6 Å². The Bertz CT molecular complexity index is 1510. The molecule has 12 heteroatoms. The summed E-state index contributed by atoms with van der Waals surface area (Å²) in [6, 6.07) is 8.25. The molecule has 0 radical (unpaired) electrons. The zero-order valence-corrected chi connectivity index (χ0v) is 26.0. The van der Waals surface area contributed by atoms with Gasteiger partial charge in [-0.25, -0.2) is 4.39 Å². The number of aliphatic carboxylic acids is 1. The second kappa shape index (κ2) is 13.6. The van der Waals surface area contributed by atoms with Gasteiger partial charge in [0.1, 0.15) is 5.52 Å². The normalized spacial score (nSPS) is 24.3. The second-order valence-electron chi connectivity index (χ2n) is 12.2. The number of amides is 1. The van der Waals surface area contributed by atoms with Crippen LogP contribution in [0, 0.1) is 11.7 Å². The lowest BCUT2D eigenvalue weighted by Gasteiger charge is -2.34. The summed E-state index contributed by atoms with van der Waals surface area (Å²) in [6.07, 6.45) is 6.55. The maximum Gasteiger partial charge on any atom is 0.306 e. The first kappa shape index (κ1) is 31.1. The molecule has 3 aliphatic rings. The molecule has 1 saturated carbocycles. The van der Waals surface area contributed by atoms with Gasteiger partial charge in [-0.2, -0.15) is 4.98 Å². The van der Waals surface area contributed by atoms with Gasteiger partial charge in [0.25, 0.3) is 6.01 Å². The van der Waals surface area contributed by atoms with Crippen molar-refractivity contribution in [3.05, 3.63) is 51.8 Å². The number of hydrogen-bond acceptors (Lipinski definition) is 7. The number of aromatic nitrogens is 1. The second-order valence-corrected chi connectivity index (χ2v) is 13.0. The van der Waals surface area contributed by atoms with Gasteiger partial charge in [-0.15, -0.1) is 0 Å². The van der Waals surface area contributed by atoms with Crippen molar-refractivity contribution in [3.8, 4) is 0 Å². The van der Waals surface area contributed by atoms with Crippen molar-refractivity contribution in [2.45, 2.75) is 76.0 Å².